The lowest BCUT2D eigenvalue weighted by Gasteiger charge is -2.11. The van der Waals surface area contributed by atoms with Gasteiger partial charge in [-0.1, -0.05) is 0 Å². The van der Waals surface area contributed by atoms with Gasteiger partial charge in [0.1, 0.15) is 0 Å². The lowest BCUT2D eigenvalue weighted by molar-refractivity contribution is -0.246. The molecule has 90 valence electrons. The molecule has 0 spiro atoms. The number of alkyl halides is 2. The molecule has 0 bridgehead atoms. The summed E-state index contributed by atoms with van der Waals surface area (Å²) in [6, 6.07) is 0. The molecule has 0 aliphatic carbocycles. The molecule has 0 aliphatic heterocycles. The maximum atomic E-state index is 12.3. The van der Waals surface area contributed by atoms with Gasteiger partial charge >= 0.3 is 12.1 Å². The minimum Gasteiger partial charge on any atom is -0.475 e. The Labute approximate surface area is 85.9 Å². The van der Waals surface area contributed by atoms with Crippen molar-refractivity contribution in [1.82, 2.24) is 0 Å². The molecule has 0 fully saturated rings. The molecule has 0 aromatic heterocycles. The highest BCUT2D eigenvalue weighted by Crippen LogP contribution is 2.15. The van der Waals surface area contributed by atoms with Gasteiger partial charge in [-0.2, -0.15) is 8.78 Å². The number of carbonyl (C=O) groups is 1. The molecule has 0 amide bonds. The van der Waals surface area contributed by atoms with Crippen LogP contribution in [0.3, 0.4) is 0 Å². The summed E-state index contributed by atoms with van der Waals surface area (Å²) in [6.07, 6.45) is -3.92. The molecule has 7 heteroatoms. The SMILES string of the molecule is COCCOCCCOC(F)(F)C(=O)O. The highest BCUT2D eigenvalue weighted by molar-refractivity contribution is 5.73. The molecule has 0 rings (SSSR count). The second-order valence-corrected chi connectivity index (χ2v) is 2.63. The minimum absolute atomic E-state index is 0.201. The molecule has 5 nitrogen and oxygen atoms in total. The van der Waals surface area contributed by atoms with Crippen LogP contribution in [-0.2, 0) is 19.0 Å². The van der Waals surface area contributed by atoms with Gasteiger partial charge in [0.2, 0.25) is 0 Å². The molecule has 0 saturated carbocycles. The summed E-state index contributed by atoms with van der Waals surface area (Å²) in [6.45, 7) is 0.642. The van der Waals surface area contributed by atoms with E-state index in [2.05, 4.69) is 9.47 Å². The first-order chi connectivity index (χ1) is 7.00. The van der Waals surface area contributed by atoms with Crippen molar-refractivity contribution in [3.8, 4) is 0 Å². The fourth-order valence-electron chi connectivity index (χ4n) is 0.667. The Bertz CT molecular complexity index is 186. The quantitative estimate of drug-likeness (QED) is 0.589. The van der Waals surface area contributed by atoms with Crippen molar-refractivity contribution in [2.75, 3.05) is 33.5 Å². The summed E-state index contributed by atoms with van der Waals surface area (Å²) in [5.74, 6) is -2.29. The molecule has 0 aromatic rings. The Morgan fingerprint density at radius 1 is 1.27 bits per heavy atom. The van der Waals surface area contributed by atoms with E-state index in [1.54, 1.807) is 0 Å². The lowest BCUT2D eigenvalue weighted by Crippen LogP contribution is -2.32. The van der Waals surface area contributed by atoms with Crippen molar-refractivity contribution in [3.05, 3.63) is 0 Å². The van der Waals surface area contributed by atoms with Gasteiger partial charge < -0.3 is 19.3 Å². The summed E-state index contributed by atoms with van der Waals surface area (Å²) in [7, 11) is 1.51. The minimum atomic E-state index is -4.12. The van der Waals surface area contributed by atoms with Crippen LogP contribution in [0, 0.1) is 0 Å². The average Bonchev–Trinajstić information content (AvgIpc) is 2.16. The molecule has 0 radical (unpaired) electrons. The van der Waals surface area contributed by atoms with Crippen molar-refractivity contribution >= 4 is 5.97 Å². The fourth-order valence-corrected chi connectivity index (χ4v) is 0.667. The third-order valence-corrected chi connectivity index (χ3v) is 1.40. The first-order valence-electron chi connectivity index (χ1n) is 4.32. The van der Waals surface area contributed by atoms with Crippen LogP contribution in [0.25, 0.3) is 0 Å². The van der Waals surface area contributed by atoms with Crippen molar-refractivity contribution in [3.63, 3.8) is 0 Å². The third-order valence-electron chi connectivity index (χ3n) is 1.40. The van der Waals surface area contributed by atoms with E-state index in [1.807, 2.05) is 0 Å². The maximum absolute atomic E-state index is 12.3. The van der Waals surface area contributed by atoms with Gasteiger partial charge in [-0.3, -0.25) is 0 Å². The van der Waals surface area contributed by atoms with E-state index in [-0.39, 0.29) is 19.6 Å². The molecule has 1 N–H and O–H groups in total. The molecule has 0 unspecified atom stereocenters. The van der Waals surface area contributed by atoms with Crippen LogP contribution in [0.4, 0.5) is 8.78 Å². The third kappa shape index (κ3) is 7.18. The first-order valence-corrected chi connectivity index (χ1v) is 4.32. The second-order valence-electron chi connectivity index (χ2n) is 2.63. The summed E-state index contributed by atoms with van der Waals surface area (Å²) >= 11 is 0. The molecule has 0 aromatic carbocycles. The maximum Gasteiger partial charge on any atom is 0.455 e. The van der Waals surface area contributed by atoms with Crippen LogP contribution in [0.1, 0.15) is 6.42 Å². The van der Waals surface area contributed by atoms with Crippen LogP contribution in [-0.4, -0.2) is 50.7 Å². The zero-order valence-electron chi connectivity index (χ0n) is 8.37. The molecular formula is C8H14F2O5. The summed E-state index contributed by atoms with van der Waals surface area (Å²) in [4.78, 5) is 9.90. The highest BCUT2D eigenvalue weighted by Gasteiger charge is 2.40. The largest absolute Gasteiger partial charge is 0.475 e. The van der Waals surface area contributed by atoms with E-state index in [4.69, 9.17) is 9.84 Å². The number of ether oxygens (including phenoxy) is 3. The fraction of sp³-hybridized carbons (Fsp3) is 0.875. The second kappa shape index (κ2) is 7.49. The summed E-state index contributed by atoms with van der Waals surface area (Å²) < 4.78 is 38.1. The number of hydrogen-bond acceptors (Lipinski definition) is 4. The Kier molecular flexibility index (Phi) is 7.10. The van der Waals surface area contributed by atoms with Gasteiger partial charge in [-0.25, -0.2) is 4.79 Å². The van der Waals surface area contributed by atoms with E-state index in [0.29, 0.717) is 13.2 Å². The van der Waals surface area contributed by atoms with Gasteiger partial charge in [0.15, 0.2) is 0 Å². The van der Waals surface area contributed by atoms with E-state index in [1.165, 1.54) is 7.11 Å². The smallest absolute Gasteiger partial charge is 0.455 e. The van der Waals surface area contributed by atoms with Gasteiger partial charge in [-0.15, -0.1) is 0 Å². The van der Waals surface area contributed by atoms with Gasteiger partial charge in [0, 0.05) is 13.7 Å². The molecule has 0 heterocycles. The van der Waals surface area contributed by atoms with Crippen LogP contribution in [0.5, 0.6) is 0 Å². The summed E-state index contributed by atoms with van der Waals surface area (Å²) in [5.41, 5.74) is 0. The summed E-state index contributed by atoms with van der Waals surface area (Å²) in [5, 5.41) is 7.99. The number of carboxylic acid groups (broad SMARTS) is 1. The highest BCUT2D eigenvalue weighted by atomic mass is 19.3. The van der Waals surface area contributed by atoms with Crippen molar-refractivity contribution in [2.24, 2.45) is 0 Å². The van der Waals surface area contributed by atoms with Crippen LogP contribution in [0.2, 0.25) is 0 Å². The number of carboxylic acids is 1. The Balaban J connectivity index is 3.35. The molecule has 0 saturated heterocycles. The predicted octanol–water partition coefficient (Wildman–Crippen LogP) is 0.734. The molecular weight excluding hydrogens is 214 g/mol. The topological polar surface area (TPSA) is 65.0 Å². The molecule has 0 atom stereocenters. The molecule has 0 aliphatic rings. The zero-order valence-corrected chi connectivity index (χ0v) is 8.37. The van der Waals surface area contributed by atoms with Gasteiger partial charge in [0.05, 0.1) is 19.8 Å². The molecule has 15 heavy (non-hydrogen) atoms. The number of aliphatic carboxylic acids is 1. The Morgan fingerprint density at radius 2 is 1.93 bits per heavy atom. The van der Waals surface area contributed by atoms with E-state index in [9.17, 15) is 13.6 Å². The Hall–Kier alpha value is -0.790. The van der Waals surface area contributed by atoms with Crippen molar-refractivity contribution in [1.29, 1.82) is 0 Å². The van der Waals surface area contributed by atoms with E-state index < -0.39 is 12.1 Å². The van der Waals surface area contributed by atoms with Gasteiger partial charge in [-0.05, 0) is 6.42 Å². The van der Waals surface area contributed by atoms with Crippen LogP contribution in [0.15, 0.2) is 0 Å². The van der Waals surface area contributed by atoms with E-state index >= 15 is 0 Å². The van der Waals surface area contributed by atoms with Crippen molar-refractivity contribution < 1.29 is 32.9 Å². The van der Waals surface area contributed by atoms with Crippen molar-refractivity contribution in [2.45, 2.75) is 12.5 Å². The Morgan fingerprint density at radius 3 is 2.47 bits per heavy atom. The number of halogens is 2. The number of rotatable bonds is 9. The number of hydrogen-bond donors (Lipinski definition) is 1. The first kappa shape index (κ1) is 14.2. The monoisotopic (exact) mass is 228 g/mol. The standard InChI is InChI=1S/C8H14F2O5/c1-13-5-6-14-3-2-4-15-8(9,10)7(11)12/h2-6H2,1H3,(H,11,12). The lowest BCUT2D eigenvalue weighted by atomic mass is 10.5. The van der Waals surface area contributed by atoms with Gasteiger partial charge in [0.25, 0.3) is 0 Å². The predicted molar refractivity (Wildman–Crippen MR) is 45.8 cm³/mol. The number of methoxy groups -OCH3 is 1. The normalized spacial score (nSPS) is 11.7. The van der Waals surface area contributed by atoms with Crippen LogP contribution >= 0.6 is 0 Å². The zero-order chi connectivity index (χ0) is 11.7. The van der Waals surface area contributed by atoms with E-state index in [0.717, 1.165) is 0 Å². The average molecular weight is 228 g/mol. The van der Waals surface area contributed by atoms with Crippen LogP contribution < -0.4 is 0 Å².